The largest absolute Gasteiger partial charge is 0.312 e. The smallest absolute Gasteiger partial charge is 0.0208 e. The highest BCUT2D eigenvalue weighted by atomic mass is 79.9. The van der Waals surface area contributed by atoms with Gasteiger partial charge < -0.3 is 5.32 Å². The van der Waals surface area contributed by atoms with Crippen molar-refractivity contribution in [3.63, 3.8) is 0 Å². The molecule has 0 saturated heterocycles. The lowest BCUT2D eigenvalue weighted by atomic mass is 9.93. The van der Waals surface area contributed by atoms with Gasteiger partial charge in [0.05, 0.1) is 0 Å². The predicted octanol–water partition coefficient (Wildman–Crippen LogP) is 3.08. The van der Waals surface area contributed by atoms with Crippen molar-refractivity contribution in [3.05, 3.63) is 33.8 Å². The van der Waals surface area contributed by atoms with Crippen molar-refractivity contribution in [3.8, 4) is 0 Å². The van der Waals surface area contributed by atoms with Crippen LogP contribution in [0, 0.1) is 0 Å². The van der Waals surface area contributed by atoms with E-state index in [1.165, 1.54) is 15.6 Å². The number of hydrogen-bond acceptors (Lipinski definition) is 1. The van der Waals surface area contributed by atoms with Gasteiger partial charge in [0.2, 0.25) is 0 Å². The van der Waals surface area contributed by atoms with E-state index in [1.807, 2.05) is 0 Å². The quantitative estimate of drug-likeness (QED) is 0.758. The van der Waals surface area contributed by atoms with E-state index in [2.05, 4.69) is 46.4 Å². The Bertz CT molecular complexity index is 301. The minimum Gasteiger partial charge on any atom is -0.312 e. The summed E-state index contributed by atoms with van der Waals surface area (Å²) in [6.45, 7) is 4.38. The molecule has 1 nitrogen and oxygen atoms in total. The number of nitrogens with one attached hydrogen (secondary N) is 1. The van der Waals surface area contributed by atoms with Gasteiger partial charge in [0.15, 0.2) is 0 Å². The van der Waals surface area contributed by atoms with Gasteiger partial charge in [0, 0.05) is 17.6 Å². The van der Waals surface area contributed by atoms with E-state index in [4.69, 9.17) is 0 Å². The average molecular weight is 263 g/mol. The monoisotopic (exact) mass is 261 g/mol. The van der Waals surface area contributed by atoms with E-state index in [1.54, 1.807) is 0 Å². The van der Waals surface area contributed by atoms with Crippen molar-refractivity contribution in [2.45, 2.75) is 19.4 Å². The first-order chi connectivity index (χ1) is 5.77. The van der Waals surface area contributed by atoms with Crippen LogP contribution < -0.4 is 5.32 Å². The zero-order valence-corrected chi connectivity index (χ0v) is 9.91. The molecule has 72 valence electrons. The Hall–Kier alpha value is -0.0500. The predicted molar refractivity (Wildman–Crippen MR) is 61.5 cm³/mol. The van der Waals surface area contributed by atoms with Crippen molar-refractivity contribution in [1.82, 2.24) is 5.32 Å². The van der Waals surface area contributed by atoms with E-state index >= 15 is 0 Å². The number of benzene rings is 1. The van der Waals surface area contributed by atoms with Crippen LogP contribution in [0.1, 0.15) is 24.0 Å². The average Bonchev–Trinajstić information content (AvgIpc) is 2.07. The van der Waals surface area contributed by atoms with Crippen molar-refractivity contribution in [2.75, 3.05) is 6.54 Å². The number of hydrogen-bond donors (Lipinski definition) is 1. The Labute approximate surface area is 93.5 Å². The molecule has 0 aliphatic carbocycles. The fourth-order valence-corrected chi connectivity index (χ4v) is 2.10. The van der Waals surface area contributed by atoms with Gasteiger partial charge in [-0.2, -0.15) is 0 Å². The molecule has 0 fully saturated rings. The fraction of sp³-hybridized carbons (Fsp3) is 0.400. The van der Waals surface area contributed by atoms with Crippen LogP contribution in [0.15, 0.2) is 22.7 Å². The van der Waals surface area contributed by atoms with Crippen LogP contribution in [-0.2, 0) is 6.54 Å². The van der Waals surface area contributed by atoms with Crippen LogP contribution in [0.3, 0.4) is 0 Å². The molecule has 1 atom stereocenters. The Morgan fingerprint density at radius 2 is 2.23 bits per heavy atom. The van der Waals surface area contributed by atoms with Gasteiger partial charge in [0.25, 0.3) is 0 Å². The third-order valence-corrected chi connectivity index (χ3v) is 2.90. The van der Waals surface area contributed by atoms with Crippen LogP contribution in [-0.4, -0.2) is 6.54 Å². The SMILES string of the molecule is C[C@H]1CNCc2ccc(Br)cc21.Cl. The molecule has 1 aliphatic rings. The zero-order valence-electron chi connectivity index (χ0n) is 7.51. The summed E-state index contributed by atoms with van der Waals surface area (Å²) in [5, 5.41) is 3.39. The van der Waals surface area contributed by atoms with Gasteiger partial charge in [0.1, 0.15) is 0 Å². The Morgan fingerprint density at radius 3 is 3.00 bits per heavy atom. The minimum atomic E-state index is 0. The Morgan fingerprint density at radius 1 is 1.46 bits per heavy atom. The molecule has 2 rings (SSSR count). The van der Waals surface area contributed by atoms with Gasteiger partial charge in [-0.1, -0.05) is 28.9 Å². The molecule has 0 radical (unpaired) electrons. The summed E-state index contributed by atoms with van der Waals surface area (Å²) >= 11 is 3.50. The molecule has 3 heteroatoms. The molecule has 1 heterocycles. The molecule has 13 heavy (non-hydrogen) atoms. The minimum absolute atomic E-state index is 0. The summed E-state index contributed by atoms with van der Waals surface area (Å²) in [6, 6.07) is 6.54. The van der Waals surface area contributed by atoms with Crippen LogP contribution in [0.2, 0.25) is 0 Å². The second kappa shape index (κ2) is 4.45. The first kappa shape index (κ1) is 11.0. The second-order valence-corrected chi connectivity index (χ2v) is 4.29. The Balaban J connectivity index is 0.000000845. The van der Waals surface area contributed by atoms with Crippen LogP contribution in [0.5, 0.6) is 0 Å². The third-order valence-electron chi connectivity index (χ3n) is 2.40. The molecule has 1 aromatic rings. The van der Waals surface area contributed by atoms with Crippen LogP contribution >= 0.6 is 28.3 Å². The summed E-state index contributed by atoms with van der Waals surface area (Å²) in [5.41, 5.74) is 2.93. The van der Waals surface area contributed by atoms with E-state index in [-0.39, 0.29) is 12.4 Å². The van der Waals surface area contributed by atoms with Crippen molar-refractivity contribution >= 4 is 28.3 Å². The van der Waals surface area contributed by atoms with Gasteiger partial charge in [-0.25, -0.2) is 0 Å². The summed E-state index contributed by atoms with van der Waals surface area (Å²) in [4.78, 5) is 0. The topological polar surface area (TPSA) is 12.0 Å². The molecule has 1 N–H and O–H groups in total. The number of halogens is 2. The highest BCUT2D eigenvalue weighted by Crippen LogP contribution is 2.26. The van der Waals surface area contributed by atoms with E-state index in [0.29, 0.717) is 5.92 Å². The van der Waals surface area contributed by atoms with Crippen molar-refractivity contribution < 1.29 is 0 Å². The highest BCUT2D eigenvalue weighted by Gasteiger charge is 2.15. The van der Waals surface area contributed by atoms with Crippen LogP contribution in [0.4, 0.5) is 0 Å². The van der Waals surface area contributed by atoms with Crippen LogP contribution in [0.25, 0.3) is 0 Å². The molecular formula is C10H13BrClN. The van der Waals surface area contributed by atoms with Gasteiger partial charge in [-0.15, -0.1) is 12.4 Å². The molecule has 0 aromatic heterocycles. The molecule has 0 saturated carbocycles. The molecule has 0 unspecified atom stereocenters. The summed E-state index contributed by atoms with van der Waals surface area (Å²) < 4.78 is 1.19. The summed E-state index contributed by atoms with van der Waals surface area (Å²) in [6.07, 6.45) is 0. The van der Waals surface area contributed by atoms with Crippen molar-refractivity contribution in [1.29, 1.82) is 0 Å². The van der Waals surface area contributed by atoms with Gasteiger partial charge in [-0.3, -0.25) is 0 Å². The van der Waals surface area contributed by atoms with Gasteiger partial charge >= 0.3 is 0 Å². The standard InChI is InChI=1S/C10H12BrN.ClH/c1-7-5-12-6-8-2-3-9(11)4-10(7)8;/h2-4,7,12H,5-6H2,1H3;1H/t7-;/m0./s1. The lowest BCUT2D eigenvalue weighted by molar-refractivity contribution is 0.571. The van der Waals surface area contributed by atoms with Gasteiger partial charge in [-0.05, 0) is 29.2 Å². The lowest BCUT2D eigenvalue weighted by Crippen LogP contribution is -2.26. The molecule has 1 aromatic carbocycles. The maximum absolute atomic E-state index is 3.50. The molecule has 0 bridgehead atoms. The normalized spacial score (nSPS) is 20.3. The number of rotatable bonds is 0. The third kappa shape index (κ3) is 2.25. The van der Waals surface area contributed by atoms with E-state index < -0.39 is 0 Å². The first-order valence-corrected chi connectivity index (χ1v) is 5.05. The molecule has 0 spiro atoms. The summed E-state index contributed by atoms with van der Waals surface area (Å²) in [7, 11) is 0. The summed E-state index contributed by atoms with van der Waals surface area (Å²) in [5.74, 6) is 0.645. The molecule has 0 amide bonds. The Kier molecular flexibility index (Phi) is 3.77. The number of fused-ring (bicyclic) bond motifs is 1. The fourth-order valence-electron chi connectivity index (χ4n) is 1.72. The zero-order chi connectivity index (χ0) is 8.55. The first-order valence-electron chi connectivity index (χ1n) is 4.26. The molecule has 1 aliphatic heterocycles. The van der Waals surface area contributed by atoms with E-state index in [9.17, 15) is 0 Å². The maximum Gasteiger partial charge on any atom is 0.0208 e. The van der Waals surface area contributed by atoms with E-state index in [0.717, 1.165) is 13.1 Å². The van der Waals surface area contributed by atoms with Crippen molar-refractivity contribution in [2.24, 2.45) is 0 Å². The maximum atomic E-state index is 3.50. The molecular weight excluding hydrogens is 249 g/mol. The highest BCUT2D eigenvalue weighted by molar-refractivity contribution is 9.10. The second-order valence-electron chi connectivity index (χ2n) is 3.38. The lowest BCUT2D eigenvalue weighted by Gasteiger charge is -2.23.